The molecule has 1 fully saturated rings. The molecular weight excluding hydrogens is 357 g/mol. The number of hydrogen-bond acceptors (Lipinski definition) is 3. The molecule has 0 heterocycles. The Balaban J connectivity index is 1.99. The molecule has 28 heavy (non-hydrogen) atoms. The molecule has 5 nitrogen and oxygen atoms in total. The number of carbonyl (C=O) groups is 2. The van der Waals surface area contributed by atoms with Crippen LogP contribution >= 0.6 is 0 Å². The molecule has 2 unspecified atom stereocenters. The van der Waals surface area contributed by atoms with Gasteiger partial charge in [-0.3, -0.25) is 9.59 Å². The summed E-state index contributed by atoms with van der Waals surface area (Å²) in [6.45, 7) is 4.21. The van der Waals surface area contributed by atoms with Gasteiger partial charge in [0.15, 0.2) is 0 Å². The van der Waals surface area contributed by atoms with E-state index < -0.39 is 6.04 Å². The van der Waals surface area contributed by atoms with Gasteiger partial charge in [0.2, 0.25) is 11.8 Å². The van der Waals surface area contributed by atoms with Crippen LogP contribution in [0.15, 0.2) is 24.3 Å². The lowest BCUT2D eigenvalue weighted by Crippen LogP contribution is -2.52. The lowest BCUT2D eigenvalue weighted by Gasteiger charge is -2.29. The summed E-state index contributed by atoms with van der Waals surface area (Å²) < 4.78 is 13.6. The van der Waals surface area contributed by atoms with Gasteiger partial charge in [-0.2, -0.15) is 0 Å². The van der Waals surface area contributed by atoms with Crippen molar-refractivity contribution < 1.29 is 14.0 Å². The summed E-state index contributed by atoms with van der Waals surface area (Å²) in [5.41, 5.74) is 0.803. The molecule has 1 saturated carbocycles. The lowest BCUT2D eigenvalue weighted by molar-refractivity contribution is -0.132. The fraction of sp³-hybridized carbons (Fsp3) is 0.636. The molecule has 0 aromatic heterocycles. The molecule has 6 heteroatoms. The highest BCUT2D eigenvalue weighted by molar-refractivity contribution is 5.88. The summed E-state index contributed by atoms with van der Waals surface area (Å²) >= 11 is 0. The van der Waals surface area contributed by atoms with E-state index in [2.05, 4.69) is 10.6 Å². The maximum atomic E-state index is 13.6. The molecular formula is C22H34FN3O2. The maximum Gasteiger partial charge on any atom is 0.242 e. The summed E-state index contributed by atoms with van der Waals surface area (Å²) in [4.78, 5) is 27.3. The van der Waals surface area contributed by atoms with Crippen molar-refractivity contribution in [1.29, 1.82) is 0 Å². The Morgan fingerprint density at radius 3 is 2.43 bits per heavy atom. The van der Waals surface area contributed by atoms with Crippen LogP contribution in [0.5, 0.6) is 0 Å². The van der Waals surface area contributed by atoms with Gasteiger partial charge < -0.3 is 15.5 Å². The molecule has 0 saturated heterocycles. The van der Waals surface area contributed by atoms with Crippen molar-refractivity contribution in [3.63, 3.8) is 0 Å². The molecule has 1 aliphatic carbocycles. The molecule has 2 amide bonds. The number of benzene rings is 1. The first-order valence-electron chi connectivity index (χ1n) is 10.3. The minimum Gasteiger partial charge on any atom is -0.352 e. The van der Waals surface area contributed by atoms with Gasteiger partial charge in [0.1, 0.15) is 11.9 Å². The van der Waals surface area contributed by atoms with Gasteiger partial charge in [0.05, 0.1) is 6.04 Å². The molecule has 2 rings (SSSR count). The van der Waals surface area contributed by atoms with E-state index in [1.807, 2.05) is 38.9 Å². The first kappa shape index (κ1) is 22.3. The van der Waals surface area contributed by atoms with Crippen LogP contribution in [0.2, 0.25) is 0 Å². The highest BCUT2D eigenvalue weighted by atomic mass is 19.1. The molecule has 0 radical (unpaired) electrons. The summed E-state index contributed by atoms with van der Waals surface area (Å²) in [5, 5.41) is 5.92. The van der Waals surface area contributed by atoms with Gasteiger partial charge in [0, 0.05) is 12.5 Å². The molecule has 1 aromatic rings. The predicted molar refractivity (Wildman–Crippen MR) is 109 cm³/mol. The average Bonchev–Trinajstić information content (AvgIpc) is 2.66. The second-order valence-electron chi connectivity index (χ2n) is 8.34. The Hall–Kier alpha value is -1.95. The first-order chi connectivity index (χ1) is 13.3. The molecule has 0 aliphatic heterocycles. The number of halogens is 1. The number of nitrogens with one attached hydrogen (secondary N) is 2. The second kappa shape index (κ2) is 10.6. The quantitative estimate of drug-likeness (QED) is 0.715. The fourth-order valence-electron chi connectivity index (χ4n) is 3.79. The number of nitrogens with zero attached hydrogens (tertiary/aromatic N) is 1. The SMILES string of the molecule is CC(C)C(NC(=O)C1CCCCC1)C(=O)NCC(c1cccc(F)c1)N(C)C. The van der Waals surface area contributed by atoms with Gasteiger partial charge in [-0.15, -0.1) is 0 Å². The van der Waals surface area contributed by atoms with Crippen molar-refractivity contribution in [2.24, 2.45) is 11.8 Å². The Morgan fingerprint density at radius 1 is 1.18 bits per heavy atom. The largest absolute Gasteiger partial charge is 0.352 e. The van der Waals surface area contributed by atoms with Crippen LogP contribution in [0, 0.1) is 17.7 Å². The highest BCUT2D eigenvalue weighted by Crippen LogP contribution is 2.24. The van der Waals surface area contributed by atoms with Gasteiger partial charge in [-0.05, 0) is 50.6 Å². The van der Waals surface area contributed by atoms with Gasteiger partial charge in [0.25, 0.3) is 0 Å². The summed E-state index contributed by atoms with van der Waals surface area (Å²) in [6.07, 6.45) is 5.15. The van der Waals surface area contributed by atoms with E-state index >= 15 is 0 Å². The third-order valence-corrected chi connectivity index (χ3v) is 5.55. The monoisotopic (exact) mass is 391 g/mol. The number of amides is 2. The Bertz CT molecular complexity index is 657. The maximum absolute atomic E-state index is 13.6. The van der Waals surface area contributed by atoms with E-state index in [-0.39, 0.29) is 35.5 Å². The minimum absolute atomic E-state index is 0.0113. The van der Waals surface area contributed by atoms with Gasteiger partial charge >= 0.3 is 0 Å². The molecule has 0 spiro atoms. The van der Waals surface area contributed by atoms with E-state index in [4.69, 9.17) is 0 Å². The normalized spacial score (nSPS) is 17.4. The van der Waals surface area contributed by atoms with Crippen molar-refractivity contribution in [3.05, 3.63) is 35.6 Å². The first-order valence-corrected chi connectivity index (χ1v) is 10.3. The van der Waals surface area contributed by atoms with Crippen LogP contribution in [0.25, 0.3) is 0 Å². The Kier molecular flexibility index (Phi) is 8.42. The van der Waals surface area contributed by atoms with E-state index in [0.29, 0.717) is 6.54 Å². The van der Waals surface area contributed by atoms with Crippen LogP contribution < -0.4 is 10.6 Å². The standard InChI is InChI=1S/C22H34FN3O2/c1-15(2)20(25-21(27)16-9-6-5-7-10-16)22(28)24-14-19(26(3)4)17-11-8-12-18(23)13-17/h8,11-13,15-16,19-20H,5-7,9-10,14H2,1-4H3,(H,24,28)(H,25,27). The molecule has 1 aromatic carbocycles. The lowest BCUT2D eigenvalue weighted by atomic mass is 9.88. The molecule has 156 valence electrons. The van der Waals surface area contributed by atoms with E-state index in [1.54, 1.807) is 6.07 Å². The predicted octanol–water partition coefficient (Wildman–Crippen LogP) is 3.27. The van der Waals surface area contributed by atoms with Crippen LogP contribution in [-0.2, 0) is 9.59 Å². The fourth-order valence-corrected chi connectivity index (χ4v) is 3.79. The number of carbonyl (C=O) groups excluding carboxylic acids is 2. The van der Waals surface area contributed by atoms with Crippen molar-refractivity contribution in [3.8, 4) is 0 Å². The summed E-state index contributed by atoms with van der Waals surface area (Å²) in [6, 6.07) is 5.70. The van der Waals surface area contributed by atoms with E-state index in [0.717, 1.165) is 31.2 Å². The van der Waals surface area contributed by atoms with Crippen molar-refractivity contribution in [2.45, 2.75) is 58.0 Å². The number of rotatable bonds is 8. The van der Waals surface area contributed by atoms with Crippen molar-refractivity contribution >= 4 is 11.8 Å². The van der Waals surface area contributed by atoms with Crippen LogP contribution in [0.3, 0.4) is 0 Å². The summed E-state index contributed by atoms with van der Waals surface area (Å²) in [5.74, 6) is -0.495. The van der Waals surface area contributed by atoms with Crippen molar-refractivity contribution in [2.75, 3.05) is 20.6 Å². The van der Waals surface area contributed by atoms with E-state index in [1.165, 1.54) is 18.6 Å². The van der Waals surface area contributed by atoms with Crippen LogP contribution in [-0.4, -0.2) is 43.4 Å². The van der Waals surface area contributed by atoms with Gasteiger partial charge in [-0.1, -0.05) is 45.2 Å². The number of likely N-dealkylation sites (N-methyl/N-ethyl adjacent to an activating group) is 1. The molecule has 1 aliphatic rings. The molecule has 0 bridgehead atoms. The molecule has 2 N–H and O–H groups in total. The molecule has 2 atom stereocenters. The third-order valence-electron chi connectivity index (χ3n) is 5.55. The zero-order valence-electron chi connectivity index (χ0n) is 17.5. The zero-order valence-corrected chi connectivity index (χ0v) is 17.5. The van der Waals surface area contributed by atoms with Gasteiger partial charge in [-0.25, -0.2) is 4.39 Å². The minimum atomic E-state index is -0.565. The van der Waals surface area contributed by atoms with Crippen LogP contribution in [0.1, 0.15) is 57.6 Å². The third kappa shape index (κ3) is 6.30. The zero-order chi connectivity index (χ0) is 20.7. The van der Waals surface area contributed by atoms with Crippen molar-refractivity contribution in [1.82, 2.24) is 15.5 Å². The van der Waals surface area contributed by atoms with Crippen LogP contribution in [0.4, 0.5) is 4.39 Å². The summed E-state index contributed by atoms with van der Waals surface area (Å²) in [7, 11) is 3.79. The smallest absolute Gasteiger partial charge is 0.242 e. The highest BCUT2D eigenvalue weighted by Gasteiger charge is 2.29. The topological polar surface area (TPSA) is 61.4 Å². The van der Waals surface area contributed by atoms with E-state index in [9.17, 15) is 14.0 Å². The Morgan fingerprint density at radius 2 is 1.86 bits per heavy atom. The Labute approximate surface area is 168 Å². The average molecular weight is 392 g/mol. The number of hydrogen-bond donors (Lipinski definition) is 2. The second-order valence-corrected chi connectivity index (χ2v) is 8.34.